The first-order valence-electron chi connectivity index (χ1n) is 6.87. The standard InChI is InChI=1S/C16H17N3O2SSe/c17-13(15(18)20)10-22-23-14-9-5-4-8-12(14)16(21)19-11-6-2-1-3-7-11/h1-9,13H,10,17H2,(H2,18,20)(H,19,21). The Labute approximate surface area is 144 Å². The summed E-state index contributed by atoms with van der Waals surface area (Å²) in [6.45, 7) is 0. The van der Waals surface area contributed by atoms with Crippen molar-refractivity contribution < 1.29 is 9.59 Å². The van der Waals surface area contributed by atoms with E-state index in [0.29, 0.717) is 11.3 Å². The molecule has 23 heavy (non-hydrogen) atoms. The monoisotopic (exact) mass is 395 g/mol. The molecule has 1 unspecified atom stereocenters. The summed E-state index contributed by atoms with van der Waals surface area (Å²) in [7, 11) is 1.54. The van der Waals surface area contributed by atoms with Crippen LogP contribution >= 0.6 is 10.2 Å². The third-order valence-electron chi connectivity index (χ3n) is 2.93. The van der Waals surface area contributed by atoms with Crippen LogP contribution in [0.25, 0.3) is 0 Å². The molecule has 0 saturated heterocycles. The summed E-state index contributed by atoms with van der Waals surface area (Å²) in [6.07, 6.45) is 0. The molecule has 0 heterocycles. The number of benzene rings is 2. The number of anilines is 1. The Morgan fingerprint density at radius 2 is 1.74 bits per heavy atom. The average molecular weight is 394 g/mol. The Balaban J connectivity index is 2.02. The van der Waals surface area contributed by atoms with Crippen LogP contribution in [0.4, 0.5) is 5.69 Å². The molecule has 7 heteroatoms. The molecule has 0 radical (unpaired) electrons. The van der Waals surface area contributed by atoms with Gasteiger partial charge in [0.05, 0.1) is 0 Å². The summed E-state index contributed by atoms with van der Waals surface area (Å²) >= 11 is -0.0301. The summed E-state index contributed by atoms with van der Waals surface area (Å²) in [5.74, 6) is -0.207. The van der Waals surface area contributed by atoms with Crippen LogP contribution in [0.3, 0.4) is 0 Å². The summed E-state index contributed by atoms with van der Waals surface area (Å²) in [6, 6.07) is 16.1. The zero-order valence-corrected chi connectivity index (χ0v) is 14.8. The van der Waals surface area contributed by atoms with E-state index in [4.69, 9.17) is 11.5 Å². The number of para-hydroxylation sites is 1. The molecule has 0 aliphatic rings. The van der Waals surface area contributed by atoms with Gasteiger partial charge >= 0.3 is 144 Å². The normalized spacial score (nSPS) is 11.7. The number of rotatable bonds is 7. The molecule has 1 atom stereocenters. The number of amides is 2. The van der Waals surface area contributed by atoms with Gasteiger partial charge in [0.25, 0.3) is 0 Å². The van der Waals surface area contributed by atoms with Crippen molar-refractivity contribution in [2.75, 3.05) is 11.1 Å². The van der Waals surface area contributed by atoms with E-state index < -0.39 is 11.9 Å². The van der Waals surface area contributed by atoms with Crippen molar-refractivity contribution in [2.45, 2.75) is 6.04 Å². The second kappa shape index (κ2) is 8.74. The van der Waals surface area contributed by atoms with Gasteiger partial charge in [0.1, 0.15) is 0 Å². The maximum absolute atomic E-state index is 12.4. The Kier molecular flexibility index (Phi) is 6.67. The molecular formula is C16H17N3O2SSe. The molecule has 2 aromatic rings. The first-order chi connectivity index (χ1) is 11.1. The molecule has 5 N–H and O–H groups in total. The van der Waals surface area contributed by atoms with Crippen molar-refractivity contribution in [2.24, 2.45) is 11.5 Å². The van der Waals surface area contributed by atoms with E-state index in [1.54, 1.807) is 6.07 Å². The number of hydrogen-bond donors (Lipinski definition) is 3. The Hall–Kier alpha value is -1.79. The number of carbonyl (C=O) groups excluding carboxylic acids is 2. The minimum absolute atomic E-state index is 0.0301. The van der Waals surface area contributed by atoms with Crippen molar-refractivity contribution in [1.29, 1.82) is 0 Å². The zero-order chi connectivity index (χ0) is 16.7. The molecule has 0 aliphatic carbocycles. The average Bonchev–Trinajstić information content (AvgIpc) is 2.56. The molecule has 0 bridgehead atoms. The van der Waals surface area contributed by atoms with Crippen LogP contribution in [0.15, 0.2) is 54.6 Å². The van der Waals surface area contributed by atoms with Crippen molar-refractivity contribution in [3.05, 3.63) is 60.2 Å². The third-order valence-corrected chi connectivity index (χ3v) is 7.19. The molecule has 0 aromatic heterocycles. The van der Waals surface area contributed by atoms with E-state index in [-0.39, 0.29) is 19.7 Å². The van der Waals surface area contributed by atoms with E-state index >= 15 is 0 Å². The van der Waals surface area contributed by atoms with Crippen molar-refractivity contribution >= 4 is 46.0 Å². The predicted molar refractivity (Wildman–Crippen MR) is 95.9 cm³/mol. The van der Waals surface area contributed by atoms with Crippen LogP contribution < -0.4 is 21.2 Å². The van der Waals surface area contributed by atoms with Gasteiger partial charge in [0.2, 0.25) is 0 Å². The fourth-order valence-electron chi connectivity index (χ4n) is 1.70. The van der Waals surface area contributed by atoms with Gasteiger partial charge in [-0.25, -0.2) is 0 Å². The second-order valence-electron chi connectivity index (χ2n) is 4.69. The van der Waals surface area contributed by atoms with Gasteiger partial charge in [-0.3, -0.25) is 0 Å². The topological polar surface area (TPSA) is 98.2 Å². The van der Waals surface area contributed by atoms with Crippen molar-refractivity contribution in [3.8, 4) is 0 Å². The minimum atomic E-state index is -0.660. The van der Waals surface area contributed by atoms with E-state index in [9.17, 15) is 9.59 Å². The molecule has 2 rings (SSSR count). The summed E-state index contributed by atoms with van der Waals surface area (Å²) in [4.78, 5) is 23.4. The van der Waals surface area contributed by atoms with Crippen LogP contribution in [0, 0.1) is 0 Å². The first-order valence-corrected chi connectivity index (χ1v) is 10.7. The summed E-state index contributed by atoms with van der Waals surface area (Å²) in [5, 5.41) is 2.88. The molecule has 2 aromatic carbocycles. The summed E-state index contributed by atoms with van der Waals surface area (Å²) < 4.78 is 0.954. The van der Waals surface area contributed by atoms with Crippen molar-refractivity contribution in [3.63, 3.8) is 0 Å². The van der Waals surface area contributed by atoms with Crippen LogP contribution in [0.5, 0.6) is 0 Å². The number of nitrogens with one attached hydrogen (secondary N) is 1. The van der Waals surface area contributed by atoms with Crippen LogP contribution in [0.1, 0.15) is 10.4 Å². The zero-order valence-electron chi connectivity index (χ0n) is 12.3. The van der Waals surface area contributed by atoms with Gasteiger partial charge in [0.15, 0.2) is 0 Å². The Morgan fingerprint density at radius 3 is 2.43 bits per heavy atom. The van der Waals surface area contributed by atoms with E-state index in [0.717, 1.165) is 10.1 Å². The molecule has 0 aliphatic heterocycles. The fraction of sp³-hybridized carbons (Fsp3) is 0.125. The molecule has 2 amide bonds. The van der Waals surface area contributed by atoms with Gasteiger partial charge in [-0.15, -0.1) is 0 Å². The van der Waals surface area contributed by atoms with E-state index in [1.165, 1.54) is 10.2 Å². The molecule has 5 nitrogen and oxygen atoms in total. The number of nitrogens with two attached hydrogens (primary N) is 2. The number of hydrogen-bond acceptors (Lipinski definition) is 4. The molecule has 0 spiro atoms. The van der Waals surface area contributed by atoms with Gasteiger partial charge in [-0.05, 0) is 0 Å². The van der Waals surface area contributed by atoms with Crippen molar-refractivity contribution in [1.82, 2.24) is 0 Å². The molecule has 0 fully saturated rings. The SMILES string of the molecule is NC(=O)C(N)CS[Se]c1ccccc1C(=O)Nc1ccccc1. The fourth-order valence-corrected chi connectivity index (χ4v) is 5.92. The molecule has 0 saturated carbocycles. The third kappa shape index (κ3) is 5.41. The quantitative estimate of drug-likeness (QED) is 0.603. The predicted octanol–water partition coefficient (Wildman–Crippen LogP) is 0.729. The van der Waals surface area contributed by atoms with Gasteiger partial charge < -0.3 is 0 Å². The van der Waals surface area contributed by atoms with Gasteiger partial charge in [-0.2, -0.15) is 0 Å². The van der Waals surface area contributed by atoms with E-state index in [2.05, 4.69) is 5.32 Å². The van der Waals surface area contributed by atoms with Crippen LogP contribution in [0.2, 0.25) is 0 Å². The Morgan fingerprint density at radius 1 is 1.09 bits per heavy atom. The summed E-state index contributed by atoms with van der Waals surface area (Å²) in [5.41, 5.74) is 12.1. The van der Waals surface area contributed by atoms with E-state index in [1.807, 2.05) is 48.5 Å². The first kappa shape index (κ1) is 17.6. The number of carbonyl (C=O) groups is 2. The van der Waals surface area contributed by atoms with Gasteiger partial charge in [-0.1, -0.05) is 0 Å². The number of primary amides is 1. The van der Waals surface area contributed by atoms with Gasteiger partial charge in [0, 0.05) is 0 Å². The van der Waals surface area contributed by atoms with Crippen LogP contribution in [-0.4, -0.2) is 37.4 Å². The Bertz CT molecular complexity index is 682. The second-order valence-corrected chi connectivity index (χ2v) is 8.88. The molecule has 120 valence electrons. The van der Waals surface area contributed by atoms with Crippen LogP contribution in [-0.2, 0) is 4.79 Å². The molecular weight excluding hydrogens is 377 g/mol. The maximum atomic E-state index is 12.4.